The second-order valence-corrected chi connectivity index (χ2v) is 4.57. The minimum Gasteiger partial charge on any atom is -0.245 e. The van der Waals surface area contributed by atoms with Crippen LogP contribution in [-0.4, -0.2) is 33.5 Å². The molecule has 5 heteroatoms. The van der Waals surface area contributed by atoms with Crippen LogP contribution in [0.1, 0.15) is 33.1 Å². The molecule has 18 heavy (non-hydrogen) atoms. The van der Waals surface area contributed by atoms with Gasteiger partial charge in [-0.2, -0.15) is 4.48 Å². The number of hydrogen-bond acceptors (Lipinski definition) is 3. The van der Waals surface area contributed by atoms with Gasteiger partial charge >= 0.3 is 6.03 Å². The molecule has 0 saturated heterocycles. The van der Waals surface area contributed by atoms with Crippen molar-refractivity contribution in [1.29, 1.82) is 0 Å². The summed E-state index contributed by atoms with van der Waals surface area (Å²) in [7, 11) is 1.89. The third kappa shape index (κ3) is 1.90. The summed E-state index contributed by atoms with van der Waals surface area (Å²) < 4.78 is 1.65. The molecule has 1 atom stereocenters. The standard InChI is InChI=1S/C13H19N4O/c1-4-6-12-11(5-2)15-10-17(12,3)13(18)16-8-7-14-9-16/h7-10H,4-6H2,1-3H3/q+1. The quantitative estimate of drug-likeness (QED) is 0.771. The fraction of sp³-hybridized carbons (Fsp3) is 0.462. The zero-order valence-corrected chi connectivity index (χ0v) is 11.1. The van der Waals surface area contributed by atoms with Crippen LogP contribution < -0.4 is 0 Å². The first-order chi connectivity index (χ1) is 8.63. The number of aromatic nitrogens is 2. The van der Waals surface area contributed by atoms with E-state index in [-0.39, 0.29) is 10.5 Å². The molecule has 0 N–H and O–H groups in total. The minimum atomic E-state index is -0.0387. The summed E-state index contributed by atoms with van der Waals surface area (Å²) in [5.74, 6) is 0. The van der Waals surface area contributed by atoms with E-state index in [0.29, 0.717) is 0 Å². The summed E-state index contributed by atoms with van der Waals surface area (Å²) in [4.78, 5) is 20.9. The second kappa shape index (κ2) is 4.86. The van der Waals surface area contributed by atoms with Crippen molar-refractivity contribution in [2.45, 2.75) is 33.1 Å². The van der Waals surface area contributed by atoms with Gasteiger partial charge in [-0.1, -0.05) is 13.8 Å². The maximum Gasteiger partial charge on any atom is 0.439 e. The molecule has 0 fully saturated rings. The topological polar surface area (TPSA) is 47.2 Å². The van der Waals surface area contributed by atoms with Crippen LogP contribution in [0.5, 0.6) is 0 Å². The van der Waals surface area contributed by atoms with Crippen molar-refractivity contribution in [3.05, 3.63) is 30.1 Å². The molecular weight excluding hydrogens is 228 g/mol. The molecule has 0 saturated carbocycles. The summed E-state index contributed by atoms with van der Waals surface area (Å²) in [6.07, 6.45) is 9.30. The van der Waals surface area contributed by atoms with E-state index in [1.54, 1.807) is 18.7 Å². The summed E-state index contributed by atoms with van der Waals surface area (Å²) in [5, 5.41) is 0. The molecule has 1 unspecified atom stereocenters. The van der Waals surface area contributed by atoms with E-state index in [0.717, 1.165) is 30.7 Å². The molecule has 1 aromatic heterocycles. The Bertz CT molecular complexity index is 501. The van der Waals surface area contributed by atoms with Gasteiger partial charge in [0.15, 0.2) is 0 Å². The number of hydrogen-bond donors (Lipinski definition) is 0. The Morgan fingerprint density at radius 2 is 2.22 bits per heavy atom. The average molecular weight is 247 g/mol. The molecule has 1 aliphatic rings. The lowest BCUT2D eigenvalue weighted by Gasteiger charge is -2.25. The Balaban J connectivity index is 2.39. The van der Waals surface area contributed by atoms with E-state index in [1.165, 1.54) is 10.9 Å². The lowest BCUT2D eigenvalue weighted by molar-refractivity contribution is -0.684. The SMILES string of the molecule is CCCC1=C(CC)N=C[N+]1(C)C(=O)n1ccnc1. The number of amides is 1. The number of carbonyl (C=O) groups excluding carboxylic acids is 1. The first kappa shape index (κ1) is 12.7. The van der Waals surface area contributed by atoms with Crippen LogP contribution >= 0.6 is 0 Å². The normalized spacial score (nSPS) is 22.8. The van der Waals surface area contributed by atoms with Gasteiger partial charge in [0.2, 0.25) is 6.34 Å². The third-order valence-corrected chi connectivity index (χ3v) is 3.28. The highest BCUT2D eigenvalue weighted by molar-refractivity contribution is 5.80. The van der Waals surface area contributed by atoms with E-state index >= 15 is 0 Å². The van der Waals surface area contributed by atoms with Crippen molar-refractivity contribution in [1.82, 2.24) is 9.55 Å². The molecule has 0 bridgehead atoms. The number of imidazole rings is 1. The van der Waals surface area contributed by atoms with Crippen LogP contribution in [0.25, 0.3) is 0 Å². The van der Waals surface area contributed by atoms with Gasteiger partial charge in [0.1, 0.15) is 17.7 Å². The van der Waals surface area contributed by atoms with Gasteiger partial charge in [0, 0.05) is 18.8 Å². The van der Waals surface area contributed by atoms with Crippen molar-refractivity contribution in [2.75, 3.05) is 7.05 Å². The van der Waals surface area contributed by atoms with Gasteiger partial charge in [-0.05, 0) is 12.8 Å². The molecule has 0 aliphatic carbocycles. The molecule has 2 rings (SSSR count). The average Bonchev–Trinajstić information content (AvgIpc) is 2.99. The summed E-state index contributed by atoms with van der Waals surface area (Å²) in [6, 6.07) is -0.0387. The Morgan fingerprint density at radius 1 is 1.44 bits per heavy atom. The third-order valence-electron chi connectivity index (χ3n) is 3.28. The Hall–Kier alpha value is -1.75. The summed E-state index contributed by atoms with van der Waals surface area (Å²) in [5.41, 5.74) is 2.13. The van der Waals surface area contributed by atoms with Crippen LogP contribution in [0, 0.1) is 0 Å². The van der Waals surface area contributed by atoms with Gasteiger partial charge in [0.05, 0.1) is 7.05 Å². The molecule has 1 amide bonds. The highest BCUT2D eigenvalue weighted by Gasteiger charge is 2.41. The zero-order valence-electron chi connectivity index (χ0n) is 11.1. The molecule has 0 aromatic carbocycles. The number of aliphatic imine (C=N–C) groups is 1. The van der Waals surface area contributed by atoms with Crippen molar-refractivity contribution < 1.29 is 9.28 Å². The predicted molar refractivity (Wildman–Crippen MR) is 69.9 cm³/mol. The van der Waals surface area contributed by atoms with Crippen LogP contribution in [0.15, 0.2) is 35.1 Å². The predicted octanol–water partition coefficient (Wildman–Crippen LogP) is 2.76. The number of nitrogens with zero attached hydrogens (tertiary/aromatic N) is 4. The minimum absolute atomic E-state index is 0.0387. The van der Waals surface area contributed by atoms with Crippen LogP contribution in [-0.2, 0) is 0 Å². The molecule has 96 valence electrons. The van der Waals surface area contributed by atoms with Crippen LogP contribution in [0.3, 0.4) is 0 Å². The van der Waals surface area contributed by atoms with E-state index < -0.39 is 0 Å². The van der Waals surface area contributed by atoms with Crippen molar-refractivity contribution in [3.63, 3.8) is 0 Å². The smallest absolute Gasteiger partial charge is 0.245 e. The van der Waals surface area contributed by atoms with Crippen LogP contribution in [0.2, 0.25) is 0 Å². The molecule has 1 aliphatic heterocycles. The largest absolute Gasteiger partial charge is 0.439 e. The highest BCUT2D eigenvalue weighted by atomic mass is 16.2. The first-order valence-corrected chi connectivity index (χ1v) is 6.30. The van der Waals surface area contributed by atoms with E-state index in [1.807, 2.05) is 7.05 Å². The number of rotatable bonds is 3. The second-order valence-electron chi connectivity index (χ2n) is 4.57. The number of quaternary nitrogens is 1. The summed E-state index contributed by atoms with van der Waals surface area (Å²) in [6.45, 7) is 4.18. The molecule has 1 aromatic rings. The van der Waals surface area contributed by atoms with Gasteiger partial charge in [-0.15, -0.1) is 0 Å². The Kier molecular flexibility index (Phi) is 3.43. The molecule has 5 nitrogen and oxygen atoms in total. The fourth-order valence-electron chi connectivity index (χ4n) is 2.28. The van der Waals surface area contributed by atoms with Crippen LogP contribution in [0.4, 0.5) is 4.79 Å². The maximum absolute atomic E-state index is 12.5. The molecule has 2 heterocycles. The van der Waals surface area contributed by atoms with E-state index in [9.17, 15) is 4.79 Å². The first-order valence-electron chi connectivity index (χ1n) is 6.30. The summed E-state index contributed by atoms with van der Waals surface area (Å²) >= 11 is 0. The van der Waals surface area contributed by atoms with Gasteiger partial charge in [-0.25, -0.2) is 19.3 Å². The maximum atomic E-state index is 12.5. The molecule has 0 radical (unpaired) electrons. The van der Waals surface area contributed by atoms with Gasteiger partial charge in [-0.3, -0.25) is 0 Å². The fourth-order valence-corrected chi connectivity index (χ4v) is 2.28. The van der Waals surface area contributed by atoms with E-state index in [2.05, 4.69) is 23.8 Å². The van der Waals surface area contributed by atoms with Crippen molar-refractivity contribution in [2.24, 2.45) is 4.99 Å². The molecular formula is C13H19N4O+. The van der Waals surface area contributed by atoms with Gasteiger partial charge < -0.3 is 0 Å². The number of allylic oxidation sites excluding steroid dienone is 2. The van der Waals surface area contributed by atoms with E-state index in [4.69, 9.17) is 0 Å². The zero-order chi connectivity index (χ0) is 13.2. The Morgan fingerprint density at radius 3 is 2.78 bits per heavy atom. The van der Waals surface area contributed by atoms with Gasteiger partial charge in [0.25, 0.3) is 0 Å². The highest BCUT2D eigenvalue weighted by Crippen LogP contribution is 2.30. The molecule has 0 spiro atoms. The number of carbonyl (C=O) groups is 1. The van der Waals surface area contributed by atoms with Crippen molar-refractivity contribution >= 4 is 12.4 Å². The lowest BCUT2D eigenvalue weighted by Crippen LogP contribution is -2.47. The Labute approximate surface area is 107 Å². The monoisotopic (exact) mass is 247 g/mol. The van der Waals surface area contributed by atoms with Crippen molar-refractivity contribution in [3.8, 4) is 0 Å². The lowest BCUT2D eigenvalue weighted by atomic mass is 10.1.